The minimum atomic E-state index is -0.733. The third kappa shape index (κ3) is 5.02. The molecule has 1 aliphatic heterocycles. The maximum Gasteiger partial charge on any atom is 0.296 e. The van der Waals surface area contributed by atoms with Crippen LogP contribution >= 0.6 is 0 Å². The summed E-state index contributed by atoms with van der Waals surface area (Å²) in [5.74, 6) is 0.0856. The minimum Gasteiger partial charge on any atom is -0.507 e. The van der Waals surface area contributed by atoms with Crippen molar-refractivity contribution in [3.05, 3.63) is 94.4 Å². The van der Waals surface area contributed by atoms with E-state index < -0.39 is 17.7 Å². The van der Waals surface area contributed by atoms with Gasteiger partial charge in [-0.05, 0) is 66.3 Å². The molecule has 0 saturated carbocycles. The number of ketones is 1. The predicted molar refractivity (Wildman–Crippen MR) is 134 cm³/mol. The largest absolute Gasteiger partial charge is 0.507 e. The Labute approximate surface area is 205 Å². The van der Waals surface area contributed by atoms with Crippen LogP contribution in [0.15, 0.2) is 70.9 Å². The van der Waals surface area contributed by atoms with Crippen LogP contribution in [0.2, 0.25) is 0 Å². The van der Waals surface area contributed by atoms with E-state index in [2.05, 4.69) is 20.8 Å². The van der Waals surface area contributed by atoms with Gasteiger partial charge >= 0.3 is 0 Å². The van der Waals surface area contributed by atoms with Crippen LogP contribution in [-0.2, 0) is 22.6 Å². The molecule has 1 fully saturated rings. The number of likely N-dealkylation sites (tertiary alicyclic amines) is 1. The van der Waals surface area contributed by atoms with E-state index >= 15 is 0 Å². The Morgan fingerprint density at radius 1 is 1.11 bits per heavy atom. The summed E-state index contributed by atoms with van der Waals surface area (Å²) in [5.41, 5.74) is 3.27. The lowest BCUT2D eigenvalue weighted by Crippen LogP contribution is -2.29. The molecule has 6 nitrogen and oxygen atoms in total. The quantitative estimate of drug-likeness (QED) is 0.254. The lowest BCUT2D eigenvalue weighted by molar-refractivity contribution is -0.140. The topological polar surface area (TPSA) is 80.0 Å². The van der Waals surface area contributed by atoms with Gasteiger partial charge in [0.15, 0.2) is 0 Å². The number of Topliss-reactive ketones (excluding diaryl/α,β-unsaturated/α-hetero) is 1. The fourth-order valence-electron chi connectivity index (χ4n) is 4.27. The van der Waals surface area contributed by atoms with Crippen molar-refractivity contribution in [1.29, 1.82) is 0 Å². The van der Waals surface area contributed by atoms with Crippen molar-refractivity contribution >= 4 is 17.4 Å². The molecule has 1 saturated heterocycles. The Bertz CT molecular complexity index is 1240. The van der Waals surface area contributed by atoms with Crippen molar-refractivity contribution in [3.63, 3.8) is 0 Å². The lowest BCUT2D eigenvalue weighted by atomic mass is 9.94. The fraction of sp³-hybridized carbons (Fsp3) is 0.310. The highest BCUT2D eigenvalue weighted by molar-refractivity contribution is 6.46. The lowest BCUT2D eigenvalue weighted by Gasteiger charge is -2.24. The number of aliphatic hydroxyl groups is 1. The second-order valence-corrected chi connectivity index (χ2v) is 9.29. The molecule has 35 heavy (non-hydrogen) atoms. The number of nitrogens with zero attached hydrogens (tertiary/aromatic N) is 1. The van der Waals surface area contributed by atoms with Crippen LogP contribution in [0.3, 0.4) is 0 Å². The molecule has 0 spiro atoms. The van der Waals surface area contributed by atoms with E-state index in [0.29, 0.717) is 23.8 Å². The number of aliphatic hydroxyl groups excluding tert-OH is 1. The van der Waals surface area contributed by atoms with Crippen molar-refractivity contribution in [2.45, 2.75) is 46.7 Å². The number of furan rings is 1. The van der Waals surface area contributed by atoms with E-state index in [9.17, 15) is 14.7 Å². The van der Waals surface area contributed by atoms with Crippen molar-refractivity contribution in [3.8, 4) is 5.75 Å². The molecule has 182 valence electrons. The number of aryl methyl sites for hydroxylation is 2. The fourth-order valence-corrected chi connectivity index (χ4v) is 4.27. The predicted octanol–water partition coefficient (Wildman–Crippen LogP) is 5.81. The second-order valence-electron chi connectivity index (χ2n) is 9.29. The van der Waals surface area contributed by atoms with Gasteiger partial charge in [0.1, 0.15) is 17.3 Å². The summed E-state index contributed by atoms with van der Waals surface area (Å²) in [6.45, 7) is 8.81. The number of amides is 1. The Hall–Kier alpha value is -3.80. The molecule has 1 N–H and O–H groups in total. The van der Waals surface area contributed by atoms with Gasteiger partial charge in [0.05, 0.1) is 31.0 Å². The van der Waals surface area contributed by atoms with E-state index in [0.717, 1.165) is 28.9 Å². The molecule has 2 aromatic carbocycles. The zero-order chi connectivity index (χ0) is 25.1. The Morgan fingerprint density at radius 3 is 2.46 bits per heavy atom. The Balaban J connectivity index is 1.78. The van der Waals surface area contributed by atoms with Crippen LogP contribution in [-0.4, -0.2) is 28.3 Å². The molecule has 3 aromatic rings. The molecule has 4 rings (SSSR count). The van der Waals surface area contributed by atoms with Gasteiger partial charge in [-0.15, -0.1) is 0 Å². The van der Waals surface area contributed by atoms with E-state index in [-0.39, 0.29) is 17.9 Å². The molecular weight excluding hydrogens is 442 g/mol. The number of carbonyl (C=O) groups is 2. The minimum absolute atomic E-state index is 0.0704. The highest BCUT2D eigenvalue weighted by atomic mass is 16.5. The van der Waals surface area contributed by atoms with Gasteiger partial charge in [0.2, 0.25) is 0 Å². The van der Waals surface area contributed by atoms with Crippen molar-refractivity contribution in [2.24, 2.45) is 5.92 Å². The van der Waals surface area contributed by atoms with E-state index in [4.69, 9.17) is 9.15 Å². The van der Waals surface area contributed by atoms with Crippen LogP contribution in [0.25, 0.3) is 5.76 Å². The van der Waals surface area contributed by atoms with Crippen LogP contribution in [0.1, 0.15) is 54.8 Å². The van der Waals surface area contributed by atoms with Crippen molar-refractivity contribution < 1.29 is 23.8 Å². The van der Waals surface area contributed by atoms with Gasteiger partial charge in [-0.2, -0.15) is 0 Å². The Morgan fingerprint density at radius 2 is 1.86 bits per heavy atom. The molecule has 1 amide bonds. The third-order valence-electron chi connectivity index (χ3n) is 6.17. The van der Waals surface area contributed by atoms with Crippen molar-refractivity contribution in [2.75, 3.05) is 6.61 Å². The summed E-state index contributed by atoms with van der Waals surface area (Å²) >= 11 is 0. The van der Waals surface area contributed by atoms with E-state index in [1.807, 2.05) is 31.2 Å². The first-order chi connectivity index (χ1) is 16.8. The first kappa shape index (κ1) is 24.3. The molecule has 0 bridgehead atoms. The van der Waals surface area contributed by atoms with Crippen molar-refractivity contribution in [1.82, 2.24) is 4.90 Å². The zero-order valence-electron chi connectivity index (χ0n) is 20.6. The van der Waals surface area contributed by atoms with Crippen LogP contribution in [0, 0.1) is 12.8 Å². The summed E-state index contributed by atoms with van der Waals surface area (Å²) in [4.78, 5) is 27.8. The summed E-state index contributed by atoms with van der Waals surface area (Å²) in [5, 5.41) is 11.3. The number of carbonyl (C=O) groups excluding carboxylic acids is 2. The monoisotopic (exact) mass is 473 g/mol. The van der Waals surface area contributed by atoms with Gasteiger partial charge in [0.25, 0.3) is 11.7 Å². The molecule has 1 atom stereocenters. The standard InChI is InChI=1S/C29H31NO5/c1-5-20-8-10-21(11-9-20)26-25(28(32)29(33)30(26)16-23-7-6-14-34-23)27(31)22-12-13-24(19(4)15-22)35-17-18(2)3/h6-15,18,26,31H,5,16-17H2,1-4H3/b27-25-. The number of benzene rings is 2. The SMILES string of the molecule is CCc1ccc(C2/C(=C(/O)c3ccc(OCC(C)C)c(C)c3)C(=O)C(=O)N2Cc2ccco2)cc1. The normalized spacial score (nSPS) is 17.4. The maximum atomic E-state index is 13.2. The molecule has 0 aliphatic carbocycles. The maximum absolute atomic E-state index is 13.2. The van der Waals surface area contributed by atoms with Crippen LogP contribution in [0.4, 0.5) is 0 Å². The first-order valence-corrected chi connectivity index (χ1v) is 11.9. The number of rotatable bonds is 8. The number of ether oxygens (including phenoxy) is 1. The summed E-state index contributed by atoms with van der Waals surface area (Å²) in [7, 11) is 0. The number of hydrogen-bond donors (Lipinski definition) is 1. The van der Waals surface area contributed by atoms with Crippen LogP contribution < -0.4 is 4.74 Å². The van der Waals surface area contributed by atoms with Gasteiger partial charge in [-0.25, -0.2) is 0 Å². The van der Waals surface area contributed by atoms with Gasteiger partial charge in [-0.1, -0.05) is 45.0 Å². The summed E-state index contributed by atoms with van der Waals surface area (Å²) < 4.78 is 11.3. The average Bonchev–Trinajstić information content (AvgIpc) is 3.45. The third-order valence-corrected chi connectivity index (χ3v) is 6.17. The molecule has 6 heteroatoms. The summed E-state index contributed by atoms with van der Waals surface area (Å²) in [6.07, 6.45) is 2.40. The molecule has 1 aliphatic rings. The highest BCUT2D eigenvalue weighted by Crippen LogP contribution is 2.40. The van der Waals surface area contributed by atoms with Crippen LogP contribution in [0.5, 0.6) is 5.75 Å². The molecule has 1 aromatic heterocycles. The summed E-state index contributed by atoms with van der Waals surface area (Å²) in [6, 6.07) is 15.8. The first-order valence-electron chi connectivity index (χ1n) is 11.9. The molecule has 2 heterocycles. The molecular formula is C29H31NO5. The second kappa shape index (κ2) is 10.2. The zero-order valence-corrected chi connectivity index (χ0v) is 20.6. The Kier molecular flexibility index (Phi) is 7.10. The van der Waals surface area contributed by atoms with E-state index in [1.165, 1.54) is 11.2 Å². The van der Waals surface area contributed by atoms with Gasteiger partial charge in [0, 0.05) is 5.56 Å². The van der Waals surface area contributed by atoms with Gasteiger partial charge in [-0.3, -0.25) is 9.59 Å². The highest BCUT2D eigenvalue weighted by Gasteiger charge is 2.46. The van der Waals surface area contributed by atoms with Gasteiger partial charge < -0.3 is 19.2 Å². The molecule has 0 radical (unpaired) electrons. The van der Waals surface area contributed by atoms with E-state index in [1.54, 1.807) is 30.3 Å². The average molecular weight is 474 g/mol. The molecule has 1 unspecified atom stereocenters. The smallest absolute Gasteiger partial charge is 0.296 e. The number of hydrogen-bond acceptors (Lipinski definition) is 5.